The molecule has 0 saturated carbocycles. The zero-order valence-corrected chi connectivity index (χ0v) is 13.5. The van der Waals surface area contributed by atoms with E-state index in [9.17, 15) is 15.0 Å². The first-order valence-corrected chi connectivity index (χ1v) is 7.66. The summed E-state index contributed by atoms with van der Waals surface area (Å²) in [6.45, 7) is 3.63. The highest BCUT2D eigenvalue weighted by Gasteiger charge is 2.22. The SMILES string of the molecule is COc1cc(C)sc1C(=O)N[C@@H](C)[C@H](O)c1ccc(O)cc1. The predicted octanol–water partition coefficient (Wildman–Crippen LogP) is 2.62. The average molecular weight is 321 g/mol. The maximum absolute atomic E-state index is 12.3. The molecule has 0 bridgehead atoms. The second-order valence-corrected chi connectivity index (χ2v) is 6.31. The number of phenols is 1. The topological polar surface area (TPSA) is 78.8 Å². The molecule has 2 aromatic rings. The van der Waals surface area contributed by atoms with E-state index >= 15 is 0 Å². The average Bonchev–Trinajstić information content (AvgIpc) is 2.88. The van der Waals surface area contributed by atoms with Crippen molar-refractivity contribution in [3.05, 3.63) is 45.6 Å². The molecule has 22 heavy (non-hydrogen) atoms. The molecule has 5 nitrogen and oxygen atoms in total. The van der Waals surface area contributed by atoms with E-state index in [-0.39, 0.29) is 11.7 Å². The van der Waals surface area contributed by atoms with Crippen molar-refractivity contribution in [1.82, 2.24) is 5.32 Å². The van der Waals surface area contributed by atoms with E-state index < -0.39 is 12.1 Å². The number of carbonyl (C=O) groups is 1. The fraction of sp³-hybridized carbons (Fsp3) is 0.312. The molecule has 118 valence electrons. The zero-order chi connectivity index (χ0) is 16.3. The maximum Gasteiger partial charge on any atom is 0.265 e. The molecular weight excluding hydrogens is 302 g/mol. The third-order valence-corrected chi connectivity index (χ3v) is 4.34. The lowest BCUT2D eigenvalue weighted by molar-refractivity contribution is 0.0853. The van der Waals surface area contributed by atoms with Crippen LogP contribution in [0.1, 0.15) is 33.1 Å². The van der Waals surface area contributed by atoms with Crippen LogP contribution in [0.5, 0.6) is 11.5 Å². The number of hydrogen-bond acceptors (Lipinski definition) is 5. The van der Waals surface area contributed by atoms with Crippen molar-refractivity contribution in [2.75, 3.05) is 7.11 Å². The fourth-order valence-corrected chi connectivity index (χ4v) is 2.99. The van der Waals surface area contributed by atoms with E-state index in [0.717, 1.165) is 4.88 Å². The van der Waals surface area contributed by atoms with Gasteiger partial charge in [-0.2, -0.15) is 0 Å². The predicted molar refractivity (Wildman–Crippen MR) is 85.6 cm³/mol. The minimum absolute atomic E-state index is 0.131. The number of benzene rings is 1. The Balaban J connectivity index is 2.08. The van der Waals surface area contributed by atoms with Gasteiger partial charge in [0.15, 0.2) is 0 Å². The van der Waals surface area contributed by atoms with Gasteiger partial charge in [0.05, 0.1) is 19.3 Å². The number of carbonyl (C=O) groups excluding carboxylic acids is 1. The minimum Gasteiger partial charge on any atom is -0.508 e. The summed E-state index contributed by atoms with van der Waals surface area (Å²) in [4.78, 5) is 13.8. The number of nitrogens with one attached hydrogen (secondary N) is 1. The van der Waals surface area contributed by atoms with E-state index in [2.05, 4.69) is 5.32 Å². The molecule has 0 unspecified atom stereocenters. The highest BCUT2D eigenvalue weighted by atomic mass is 32.1. The molecule has 0 radical (unpaired) electrons. The Bertz CT molecular complexity index is 651. The monoisotopic (exact) mass is 321 g/mol. The molecule has 0 fully saturated rings. The second kappa shape index (κ2) is 6.81. The Labute approximate surface area is 133 Å². The molecule has 6 heteroatoms. The summed E-state index contributed by atoms with van der Waals surface area (Å²) in [5, 5.41) is 22.3. The zero-order valence-electron chi connectivity index (χ0n) is 12.7. The van der Waals surface area contributed by atoms with E-state index in [1.54, 1.807) is 25.1 Å². The van der Waals surface area contributed by atoms with Crippen LogP contribution < -0.4 is 10.1 Å². The summed E-state index contributed by atoms with van der Waals surface area (Å²) in [7, 11) is 1.52. The largest absolute Gasteiger partial charge is 0.508 e. The first kappa shape index (κ1) is 16.3. The van der Waals surface area contributed by atoms with Crippen LogP contribution in [0.2, 0.25) is 0 Å². The molecule has 0 aliphatic rings. The highest BCUT2D eigenvalue weighted by Crippen LogP contribution is 2.29. The summed E-state index contributed by atoms with van der Waals surface area (Å²) >= 11 is 1.35. The highest BCUT2D eigenvalue weighted by molar-refractivity contribution is 7.14. The molecular formula is C16H19NO4S. The van der Waals surface area contributed by atoms with Crippen molar-refractivity contribution in [2.45, 2.75) is 26.0 Å². The van der Waals surface area contributed by atoms with Crippen LogP contribution in [0, 0.1) is 6.92 Å². The van der Waals surface area contributed by atoms with Crippen LogP contribution in [-0.2, 0) is 0 Å². The maximum atomic E-state index is 12.3. The lowest BCUT2D eigenvalue weighted by Gasteiger charge is -2.20. The van der Waals surface area contributed by atoms with Crippen LogP contribution >= 0.6 is 11.3 Å². The molecule has 1 aromatic carbocycles. The normalized spacial score (nSPS) is 13.5. The number of thiophene rings is 1. The molecule has 1 aromatic heterocycles. The fourth-order valence-electron chi connectivity index (χ4n) is 2.11. The van der Waals surface area contributed by atoms with Gasteiger partial charge in [-0.3, -0.25) is 4.79 Å². The van der Waals surface area contributed by atoms with Gasteiger partial charge in [0.2, 0.25) is 0 Å². The van der Waals surface area contributed by atoms with Gasteiger partial charge in [-0.05, 0) is 37.6 Å². The van der Waals surface area contributed by atoms with Gasteiger partial charge >= 0.3 is 0 Å². The van der Waals surface area contributed by atoms with Crippen LogP contribution in [0.15, 0.2) is 30.3 Å². The number of ether oxygens (including phenoxy) is 1. The second-order valence-electron chi connectivity index (χ2n) is 5.05. The van der Waals surface area contributed by atoms with Gasteiger partial charge in [0, 0.05) is 4.88 Å². The van der Waals surface area contributed by atoms with E-state index in [1.165, 1.54) is 30.6 Å². The summed E-state index contributed by atoms with van der Waals surface area (Å²) in [6, 6.07) is 7.57. The molecule has 0 aliphatic heterocycles. The standard InChI is InChI=1S/C16H19NO4S/c1-9-8-13(21-3)15(22-9)16(20)17-10(2)14(19)11-4-6-12(18)7-5-11/h4-8,10,14,18-19H,1-3H3,(H,17,20)/t10-,14-/m0/s1. The van der Waals surface area contributed by atoms with Gasteiger partial charge in [-0.1, -0.05) is 12.1 Å². The molecule has 2 rings (SSSR count). The Kier molecular flexibility index (Phi) is 5.05. The summed E-state index contributed by atoms with van der Waals surface area (Å²) in [5.41, 5.74) is 0.625. The summed E-state index contributed by atoms with van der Waals surface area (Å²) in [6.07, 6.45) is -0.864. The first-order chi connectivity index (χ1) is 10.4. The van der Waals surface area contributed by atoms with Crippen LogP contribution in [0.3, 0.4) is 0 Å². The Morgan fingerprint density at radius 1 is 1.32 bits per heavy atom. The van der Waals surface area contributed by atoms with Crippen molar-refractivity contribution in [1.29, 1.82) is 0 Å². The lowest BCUT2D eigenvalue weighted by atomic mass is 10.0. The summed E-state index contributed by atoms with van der Waals surface area (Å²) < 4.78 is 5.19. The Hall–Kier alpha value is -2.05. The number of aryl methyl sites for hydroxylation is 1. The number of aliphatic hydroxyl groups is 1. The molecule has 0 aliphatic carbocycles. The number of aliphatic hydroxyl groups excluding tert-OH is 1. The molecule has 1 amide bonds. The van der Waals surface area contributed by atoms with Crippen molar-refractivity contribution < 1.29 is 19.7 Å². The molecule has 1 heterocycles. The van der Waals surface area contributed by atoms with E-state index in [4.69, 9.17) is 4.74 Å². The van der Waals surface area contributed by atoms with E-state index in [0.29, 0.717) is 16.2 Å². The van der Waals surface area contributed by atoms with Crippen molar-refractivity contribution in [3.8, 4) is 11.5 Å². The van der Waals surface area contributed by atoms with Gasteiger partial charge < -0.3 is 20.3 Å². The molecule has 0 saturated heterocycles. The Morgan fingerprint density at radius 2 is 1.95 bits per heavy atom. The number of hydrogen-bond donors (Lipinski definition) is 3. The smallest absolute Gasteiger partial charge is 0.265 e. The third-order valence-electron chi connectivity index (χ3n) is 3.31. The van der Waals surface area contributed by atoms with Gasteiger partial charge in [0.25, 0.3) is 5.91 Å². The molecule has 3 N–H and O–H groups in total. The third kappa shape index (κ3) is 3.58. The lowest BCUT2D eigenvalue weighted by Crippen LogP contribution is -2.36. The van der Waals surface area contributed by atoms with Crippen LogP contribution in [0.4, 0.5) is 0 Å². The van der Waals surface area contributed by atoms with Crippen LogP contribution in [-0.4, -0.2) is 29.3 Å². The van der Waals surface area contributed by atoms with E-state index in [1.807, 2.05) is 6.92 Å². The van der Waals surface area contributed by atoms with Crippen molar-refractivity contribution in [2.24, 2.45) is 0 Å². The van der Waals surface area contributed by atoms with Gasteiger partial charge in [0.1, 0.15) is 16.4 Å². The van der Waals surface area contributed by atoms with Crippen molar-refractivity contribution >= 4 is 17.2 Å². The van der Waals surface area contributed by atoms with Gasteiger partial charge in [-0.25, -0.2) is 0 Å². The van der Waals surface area contributed by atoms with Crippen molar-refractivity contribution in [3.63, 3.8) is 0 Å². The van der Waals surface area contributed by atoms with Crippen LogP contribution in [0.25, 0.3) is 0 Å². The quantitative estimate of drug-likeness (QED) is 0.791. The number of aromatic hydroxyl groups is 1. The number of methoxy groups -OCH3 is 1. The number of amides is 1. The van der Waals surface area contributed by atoms with Gasteiger partial charge in [-0.15, -0.1) is 11.3 Å². The summed E-state index contributed by atoms with van der Waals surface area (Å²) in [5.74, 6) is 0.387. The first-order valence-electron chi connectivity index (χ1n) is 6.84. The molecule has 0 spiro atoms. The number of rotatable bonds is 5. The molecule has 2 atom stereocenters. The minimum atomic E-state index is -0.864. The number of phenolic OH excluding ortho intramolecular Hbond substituents is 1. The Morgan fingerprint density at radius 3 is 2.55 bits per heavy atom.